The smallest absolute Gasteiger partial charge is 0.161 e. The second-order valence-corrected chi connectivity index (χ2v) is 3.22. The van der Waals surface area contributed by atoms with Gasteiger partial charge in [-0.3, -0.25) is 4.79 Å². The lowest BCUT2D eigenvalue weighted by molar-refractivity contribution is 0.112. The third-order valence-corrected chi connectivity index (χ3v) is 2.13. The number of phenolic OH excluding ortho intramolecular Hbond substituents is 1. The second-order valence-electron chi connectivity index (χ2n) is 2.86. The van der Waals surface area contributed by atoms with Crippen molar-refractivity contribution in [1.82, 2.24) is 0 Å². The first-order chi connectivity index (χ1) is 7.22. The summed E-state index contributed by atoms with van der Waals surface area (Å²) < 4.78 is 4.95. The van der Waals surface area contributed by atoms with Gasteiger partial charge in [0, 0.05) is 11.3 Å². The lowest BCUT2D eigenvalue weighted by Crippen LogP contribution is -1.90. The molecule has 0 saturated carbocycles. The van der Waals surface area contributed by atoms with Gasteiger partial charge in [-0.05, 0) is 17.7 Å². The van der Waals surface area contributed by atoms with Gasteiger partial charge < -0.3 is 9.84 Å². The Morgan fingerprint density at radius 2 is 2.20 bits per heavy atom. The highest BCUT2D eigenvalue weighted by molar-refractivity contribution is 7.80. The molecule has 1 aromatic rings. The second kappa shape index (κ2) is 5.46. The molecule has 0 bridgehead atoms. The zero-order chi connectivity index (χ0) is 11.3. The standard InChI is InChI=1S/C11H12O3S/c1-14-11-6-8(3-2-4-15)9(7-12)5-10(11)13/h2-3,5-7,13,15H,4H2,1H3. The third kappa shape index (κ3) is 2.76. The van der Waals surface area contributed by atoms with Gasteiger partial charge in [-0.15, -0.1) is 0 Å². The molecule has 0 aliphatic heterocycles. The fourth-order valence-electron chi connectivity index (χ4n) is 1.19. The Hall–Kier alpha value is -1.42. The summed E-state index contributed by atoms with van der Waals surface area (Å²) in [6.07, 6.45) is 4.26. The first-order valence-corrected chi connectivity index (χ1v) is 4.99. The first kappa shape index (κ1) is 11.7. The van der Waals surface area contributed by atoms with E-state index in [0.29, 0.717) is 28.9 Å². The maximum Gasteiger partial charge on any atom is 0.161 e. The van der Waals surface area contributed by atoms with Crippen molar-refractivity contribution < 1.29 is 14.6 Å². The van der Waals surface area contributed by atoms with Gasteiger partial charge in [-0.25, -0.2) is 0 Å². The molecule has 0 fully saturated rings. The Labute approximate surface area is 93.8 Å². The quantitative estimate of drug-likeness (QED) is 0.608. The SMILES string of the molecule is COc1cc(C=CCS)c(C=O)cc1O. The van der Waals surface area contributed by atoms with Crippen LogP contribution in [0.1, 0.15) is 15.9 Å². The number of aldehydes is 1. The summed E-state index contributed by atoms with van der Waals surface area (Å²) >= 11 is 4.03. The molecule has 3 nitrogen and oxygen atoms in total. The van der Waals surface area contributed by atoms with Gasteiger partial charge in [0.2, 0.25) is 0 Å². The van der Waals surface area contributed by atoms with Crippen LogP contribution in [0.2, 0.25) is 0 Å². The Balaban J connectivity index is 3.22. The maximum atomic E-state index is 10.7. The molecule has 0 amide bonds. The summed E-state index contributed by atoms with van der Waals surface area (Å²) in [6, 6.07) is 2.99. The van der Waals surface area contributed by atoms with Crippen LogP contribution < -0.4 is 4.74 Å². The van der Waals surface area contributed by atoms with Crippen LogP contribution >= 0.6 is 12.6 Å². The summed E-state index contributed by atoms with van der Waals surface area (Å²) in [5.74, 6) is 0.892. The van der Waals surface area contributed by atoms with Crippen molar-refractivity contribution in [2.75, 3.05) is 12.9 Å². The number of aromatic hydroxyl groups is 1. The molecule has 0 aromatic heterocycles. The van der Waals surface area contributed by atoms with Crippen LogP contribution in [0.4, 0.5) is 0 Å². The van der Waals surface area contributed by atoms with E-state index in [1.807, 2.05) is 6.08 Å². The number of rotatable bonds is 4. The van der Waals surface area contributed by atoms with E-state index in [4.69, 9.17) is 4.74 Å². The average molecular weight is 224 g/mol. The molecule has 0 aliphatic carbocycles. The molecule has 0 aliphatic rings. The lowest BCUT2D eigenvalue weighted by atomic mass is 10.1. The van der Waals surface area contributed by atoms with E-state index in [-0.39, 0.29) is 5.75 Å². The number of benzene rings is 1. The highest BCUT2D eigenvalue weighted by Crippen LogP contribution is 2.29. The van der Waals surface area contributed by atoms with Crippen molar-refractivity contribution in [2.24, 2.45) is 0 Å². The average Bonchev–Trinajstić information content (AvgIpc) is 2.26. The van der Waals surface area contributed by atoms with Crippen LogP contribution in [-0.2, 0) is 0 Å². The van der Waals surface area contributed by atoms with E-state index in [1.54, 1.807) is 12.1 Å². The Bertz CT molecular complexity index is 386. The molecular weight excluding hydrogens is 212 g/mol. The molecule has 4 heteroatoms. The van der Waals surface area contributed by atoms with Crippen LogP contribution in [0, 0.1) is 0 Å². The van der Waals surface area contributed by atoms with Crippen molar-refractivity contribution in [3.63, 3.8) is 0 Å². The molecule has 0 heterocycles. The predicted octanol–water partition coefficient (Wildman–Crippen LogP) is 2.16. The normalized spacial score (nSPS) is 10.5. The van der Waals surface area contributed by atoms with E-state index < -0.39 is 0 Å². The number of thiol groups is 1. The number of ether oxygens (including phenoxy) is 1. The molecule has 0 saturated heterocycles. The Morgan fingerprint density at radius 3 is 2.73 bits per heavy atom. The van der Waals surface area contributed by atoms with E-state index >= 15 is 0 Å². The minimum atomic E-state index is -0.0392. The van der Waals surface area contributed by atoms with Crippen molar-refractivity contribution in [1.29, 1.82) is 0 Å². The van der Waals surface area contributed by atoms with Crippen LogP contribution in [0.5, 0.6) is 11.5 Å². The van der Waals surface area contributed by atoms with Gasteiger partial charge in [0.1, 0.15) is 0 Å². The van der Waals surface area contributed by atoms with Crippen LogP contribution in [0.15, 0.2) is 18.2 Å². The monoisotopic (exact) mass is 224 g/mol. The molecule has 0 atom stereocenters. The zero-order valence-corrected chi connectivity index (χ0v) is 9.20. The molecule has 0 radical (unpaired) electrons. The van der Waals surface area contributed by atoms with E-state index in [1.165, 1.54) is 13.2 Å². The van der Waals surface area contributed by atoms with Crippen LogP contribution in [0.3, 0.4) is 0 Å². The summed E-state index contributed by atoms with van der Waals surface area (Å²) in [7, 11) is 1.46. The van der Waals surface area contributed by atoms with Gasteiger partial charge in [-0.1, -0.05) is 12.2 Å². The number of carbonyl (C=O) groups excluding carboxylic acids is 1. The van der Waals surface area contributed by atoms with Gasteiger partial charge in [-0.2, -0.15) is 12.6 Å². The fourth-order valence-corrected chi connectivity index (χ4v) is 1.30. The highest BCUT2D eigenvalue weighted by atomic mass is 32.1. The topological polar surface area (TPSA) is 46.5 Å². The summed E-state index contributed by atoms with van der Waals surface area (Å²) in [4.78, 5) is 10.7. The van der Waals surface area contributed by atoms with E-state index in [2.05, 4.69) is 12.6 Å². The van der Waals surface area contributed by atoms with Crippen LogP contribution in [-0.4, -0.2) is 24.3 Å². The molecule has 0 spiro atoms. The molecular formula is C11H12O3S. The zero-order valence-electron chi connectivity index (χ0n) is 8.30. The first-order valence-electron chi connectivity index (χ1n) is 4.36. The van der Waals surface area contributed by atoms with Crippen molar-refractivity contribution in [3.05, 3.63) is 29.3 Å². The number of hydrogen-bond donors (Lipinski definition) is 2. The predicted molar refractivity (Wildman–Crippen MR) is 62.9 cm³/mol. The van der Waals surface area contributed by atoms with Crippen LogP contribution in [0.25, 0.3) is 6.08 Å². The van der Waals surface area contributed by atoms with Gasteiger partial charge >= 0.3 is 0 Å². The third-order valence-electron chi connectivity index (χ3n) is 1.91. The van der Waals surface area contributed by atoms with E-state index in [0.717, 1.165) is 0 Å². The summed E-state index contributed by atoms with van der Waals surface area (Å²) in [6.45, 7) is 0. The highest BCUT2D eigenvalue weighted by Gasteiger charge is 2.06. The lowest BCUT2D eigenvalue weighted by Gasteiger charge is -2.06. The molecule has 1 aromatic carbocycles. The molecule has 80 valence electrons. The van der Waals surface area contributed by atoms with Crippen molar-refractivity contribution in [3.8, 4) is 11.5 Å². The fraction of sp³-hybridized carbons (Fsp3) is 0.182. The molecule has 1 rings (SSSR count). The Kier molecular flexibility index (Phi) is 4.24. The minimum absolute atomic E-state index is 0.0392. The molecule has 0 unspecified atom stereocenters. The largest absolute Gasteiger partial charge is 0.504 e. The summed E-state index contributed by atoms with van der Waals surface area (Å²) in [5, 5.41) is 9.45. The van der Waals surface area contributed by atoms with E-state index in [9.17, 15) is 9.90 Å². The summed E-state index contributed by atoms with van der Waals surface area (Å²) in [5.41, 5.74) is 1.13. The van der Waals surface area contributed by atoms with Gasteiger partial charge in [0.15, 0.2) is 17.8 Å². The number of phenols is 1. The molecule has 15 heavy (non-hydrogen) atoms. The number of carbonyl (C=O) groups is 1. The van der Waals surface area contributed by atoms with Crippen molar-refractivity contribution in [2.45, 2.75) is 0 Å². The number of hydrogen-bond acceptors (Lipinski definition) is 4. The van der Waals surface area contributed by atoms with Crippen molar-refractivity contribution >= 4 is 25.0 Å². The van der Waals surface area contributed by atoms with Gasteiger partial charge in [0.25, 0.3) is 0 Å². The minimum Gasteiger partial charge on any atom is -0.504 e. The Morgan fingerprint density at radius 1 is 1.47 bits per heavy atom. The number of methoxy groups -OCH3 is 1. The maximum absolute atomic E-state index is 10.7. The van der Waals surface area contributed by atoms with Gasteiger partial charge in [0.05, 0.1) is 7.11 Å². The molecule has 1 N–H and O–H groups in total.